The molecule has 0 saturated heterocycles. The highest BCUT2D eigenvalue weighted by Crippen LogP contribution is 2.31. The molecule has 0 aliphatic rings. The number of carboxylic acid groups (broad SMARTS) is 1. The van der Waals surface area contributed by atoms with Gasteiger partial charge in [0.2, 0.25) is 5.91 Å². The van der Waals surface area contributed by atoms with Crippen molar-refractivity contribution in [3.8, 4) is 0 Å². The van der Waals surface area contributed by atoms with E-state index in [0.29, 0.717) is 18.9 Å². The zero-order chi connectivity index (χ0) is 14.3. The van der Waals surface area contributed by atoms with Gasteiger partial charge in [-0.15, -0.1) is 0 Å². The number of aliphatic carboxylic acids is 1. The number of carbonyl (C=O) groups excluding carboxylic acids is 1. The molecule has 0 saturated carbocycles. The summed E-state index contributed by atoms with van der Waals surface area (Å²) >= 11 is 0. The van der Waals surface area contributed by atoms with Crippen LogP contribution in [0.15, 0.2) is 0 Å². The highest BCUT2D eigenvalue weighted by molar-refractivity contribution is 5.83. The van der Waals surface area contributed by atoms with Crippen LogP contribution >= 0.6 is 0 Å². The summed E-state index contributed by atoms with van der Waals surface area (Å²) in [5.41, 5.74) is 5.68. The van der Waals surface area contributed by atoms with Crippen molar-refractivity contribution in [3.63, 3.8) is 0 Å². The molecule has 0 aromatic rings. The van der Waals surface area contributed by atoms with Crippen LogP contribution in [0.5, 0.6) is 0 Å². The topological polar surface area (TPSA) is 92.4 Å². The lowest BCUT2D eigenvalue weighted by molar-refractivity contribution is -0.141. The van der Waals surface area contributed by atoms with Crippen molar-refractivity contribution in [2.24, 2.45) is 17.1 Å². The normalized spacial score (nSPS) is 14.9. The second kappa shape index (κ2) is 7.36. The van der Waals surface area contributed by atoms with Crippen LogP contribution < -0.4 is 11.1 Å². The molecule has 4 N–H and O–H groups in total. The molecule has 0 radical (unpaired) electrons. The van der Waals surface area contributed by atoms with Crippen LogP contribution in [0.25, 0.3) is 0 Å². The minimum atomic E-state index is -1.02. The Bertz CT molecular complexity index is 284. The molecule has 0 aromatic carbocycles. The van der Waals surface area contributed by atoms with Gasteiger partial charge in [-0.1, -0.05) is 20.8 Å². The maximum absolute atomic E-state index is 11.6. The van der Waals surface area contributed by atoms with E-state index in [1.165, 1.54) is 6.92 Å². The number of rotatable bonds is 7. The molecule has 0 aliphatic heterocycles. The van der Waals surface area contributed by atoms with Crippen molar-refractivity contribution < 1.29 is 14.7 Å². The van der Waals surface area contributed by atoms with Crippen molar-refractivity contribution in [2.45, 2.75) is 53.0 Å². The van der Waals surface area contributed by atoms with E-state index in [9.17, 15) is 9.59 Å². The maximum atomic E-state index is 11.6. The molecular formula is C13H26N2O3. The van der Waals surface area contributed by atoms with E-state index in [4.69, 9.17) is 10.8 Å². The molecule has 1 amide bonds. The van der Waals surface area contributed by atoms with E-state index in [1.807, 2.05) is 0 Å². The van der Waals surface area contributed by atoms with Crippen molar-refractivity contribution in [3.05, 3.63) is 0 Å². The molecule has 18 heavy (non-hydrogen) atoms. The van der Waals surface area contributed by atoms with Gasteiger partial charge in [0.05, 0.1) is 0 Å². The summed E-state index contributed by atoms with van der Waals surface area (Å²) in [4.78, 5) is 22.2. The van der Waals surface area contributed by atoms with E-state index < -0.39 is 12.0 Å². The molecule has 106 valence electrons. The first-order valence-corrected chi connectivity index (χ1v) is 6.40. The van der Waals surface area contributed by atoms with Gasteiger partial charge in [-0.2, -0.15) is 0 Å². The van der Waals surface area contributed by atoms with Crippen molar-refractivity contribution in [2.75, 3.05) is 6.54 Å². The van der Waals surface area contributed by atoms with Crippen LogP contribution in [0.1, 0.15) is 47.0 Å². The van der Waals surface area contributed by atoms with Crippen molar-refractivity contribution in [1.29, 1.82) is 0 Å². The van der Waals surface area contributed by atoms with Crippen LogP contribution in [0.4, 0.5) is 0 Å². The van der Waals surface area contributed by atoms with E-state index in [2.05, 4.69) is 26.1 Å². The highest BCUT2D eigenvalue weighted by Gasteiger charge is 2.24. The number of carboxylic acids is 1. The zero-order valence-electron chi connectivity index (χ0n) is 11.8. The summed E-state index contributed by atoms with van der Waals surface area (Å²) < 4.78 is 0. The summed E-state index contributed by atoms with van der Waals surface area (Å²) in [7, 11) is 0. The third-order valence-electron chi connectivity index (χ3n) is 3.21. The Labute approximate surface area is 109 Å². The second-order valence-corrected chi connectivity index (χ2v) is 5.81. The van der Waals surface area contributed by atoms with E-state index >= 15 is 0 Å². The third-order valence-corrected chi connectivity index (χ3v) is 3.21. The van der Waals surface area contributed by atoms with Gasteiger partial charge < -0.3 is 16.2 Å². The molecule has 0 bridgehead atoms. The lowest BCUT2D eigenvalue weighted by Crippen LogP contribution is -2.38. The monoisotopic (exact) mass is 258 g/mol. The maximum Gasteiger partial charge on any atom is 0.325 e. The van der Waals surface area contributed by atoms with Gasteiger partial charge in [0.1, 0.15) is 6.04 Å². The fourth-order valence-corrected chi connectivity index (χ4v) is 1.89. The highest BCUT2D eigenvalue weighted by atomic mass is 16.4. The summed E-state index contributed by atoms with van der Waals surface area (Å²) in [5.74, 6) is -0.859. The summed E-state index contributed by atoms with van der Waals surface area (Å²) in [6, 6.07) is -0.833. The fourth-order valence-electron chi connectivity index (χ4n) is 1.89. The number of amides is 1. The number of hydrogen-bond acceptors (Lipinski definition) is 3. The quantitative estimate of drug-likeness (QED) is 0.643. The average Bonchev–Trinajstić information content (AvgIpc) is 2.22. The molecule has 2 atom stereocenters. The third kappa shape index (κ3) is 6.59. The minimum Gasteiger partial charge on any atom is -0.480 e. The van der Waals surface area contributed by atoms with Gasteiger partial charge in [0.25, 0.3) is 0 Å². The predicted molar refractivity (Wildman–Crippen MR) is 71.1 cm³/mol. The second-order valence-electron chi connectivity index (χ2n) is 5.81. The lowest BCUT2D eigenvalue weighted by atomic mass is 9.76. The van der Waals surface area contributed by atoms with E-state index in [0.717, 1.165) is 12.8 Å². The number of nitrogens with two attached hydrogens (primary N) is 1. The summed E-state index contributed by atoms with van der Waals surface area (Å²) in [6.45, 7) is 8.46. The molecule has 0 aliphatic carbocycles. The molecule has 2 unspecified atom stereocenters. The molecule has 0 aromatic heterocycles. The number of nitrogens with one attached hydrogen (secondary N) is 1. The Kier molecular flexibility index (Phi) is 6.91. The number of hydrogen-bond donors (Lipinski definition) is 3. The minimum absolute atomic E-state index is 0.109. The SMILES string of the molecule is CC(NC(=O)CCC(CCN)C(C)(C)C)C(=O)O. The lowest BCUT2D eigenvalue weighted by Gasteiger charge is -2.30. The molecule has 0 spiro atoms. The zero-order valence-corrected chi connectivity index (χ0v) is 11.8. The molecule has 5 nitrogen and oxygen atoms in total. The fraction of sp³-hybridized carbons (Fsp3) is 0.846. The van der Waals surface area contributed by atoms with Crippen LogP contribution in [0.3, 0.4) is 0 Å². The van der Waals surface area contributed by atoms with Gasteiger partial charge in [0.15, 0.2) is 0 Å². The average molecular weight is 258 g/mol. The first-order valence-electron chi connectivity index (χ1n) is 6.40. The largest absolute Gasteiger partial charge is 0.480 e. The van der Waals surface area contributed by atoms with E-state index in [1.54, 1.807) is 0 Å². The number of carbonyl (C=O) groups is 2. The summed E-state index contributed by atoms with van der Waals surface area (Å²) in [6.07, 6.45) is 1.96. The van der Waals surface area contributed by atoms with E-state index in [-0.39, 0.29) is 11.3 Å². The first-order chi connectivity index (χ1) is 8.18. The van der Waals surface area contributed by atoms with Crippen LogP contribution in [-0.2, 0) is 9.59 Å². The van der Waals surface area contributed by atoms with Gasteiger partial charge in [-0.05, 0) is 37.6 Å². The van der Waals surface area contributed by atoms with Crippen LogP contribution in [0, 0.1) is 11.3 Å². The predicted octanol–water partition coefficient (Wildman–Crippen LogP) is 1.37. The standard InChI is InChI=1S/C13H26N2O3/c1-9(12(17)18)15-11(16)6-5-10(7-8-14)13(2,3)4/h9-10H,5-8,14H2,1-4H3,(H,15,16)(H,17,18). The van der Waals surface area contributed by atoms with Gasteiger partial charge in [-0.3, -0.25) is 9.59 Å². The van der Waals surface area contributed by atoms with Crippen LogP contribution in [-0.4, -0.2) is 29.6 Å². The van der Waals surface area contributed by atoms with Gasteiger partial charge in [-0.25, -0.2) is 0 Å². The Morgan fingerprint density at radius 3 is 2.22 bits per heavy atom. The Balaban J connectivity index is 4.20. The van der Waals surface area contributed by atoms with Gasteiger partial charge >= 0.3 is 5.97 Å². The first kappa shape index (κ1) is 16.9. The van der Waals surface area contributed by atoms with Gasteiger partial charge in [0, 0.05) is 6.42 Å². The van der Waals surface area contributed by atoms with Crippen molar-refractivity contribution >= 4 is 11.9 Å². The van der Waals surface area contributed by atoms with Crippen LogP contribution in [0.2, 0.25) is 0 Å². The molecule has 0 fully saturated rings. The molecular weight excluding hydrogens is 232 g/mol. The molecule has 0 rings (SSSR count). The molecule has 5 heteroatoms. The Morgan fingerprint density at radius 1 is 1.28 bits per heavy atom. The van der Waals surface area contributed by atoms with Crippen molar-refractivity contribution in [1.82, 2.24) is 5.32 Å². The Hall–Kier alpha value is -1.10. The molecule has 0 heterocycles. The smallest absolute Gasteiger partial charge is 0.325 e. The summed E-state index contributed by atoms with van der Waals surface area (Å²) in [5, 5.41) is 11.1. The Morgan fingerprint density at radius 2 is 1.83 bits per heavy atom.